The van der Waals surface area contributed by atoms with E-state index in [0.717, 1.165) is 16.5 Å². The Morgan fingerprint density at radius 3 is 2.80 bits per heavy atom. The molecule has 0 atom stereocenters. The topological polar surface area (TPSA) is 72.9 Å². The Hall–Kier alpha value is -1.76. The van der Waals surface area contributed by atoms with Gasteiger partial charge in [0.15, 0.2) is 5.16 Å². The third-order valence-electron chi connectivity index (χ3n) is 3.01. The number of imidazole rings is 1. The van der Waals surface area contributed by atoms with Gasteiger partial charge in [0, 0.05) is 25.1 Å². The lowest BCUT2D eigenvalue weighted by Gasteiger charge is -2.13. The van der Waals surface area contributed by atoms with Crippen LogP contribution in [0.25, 0.3) is 0 Å². The minimum Gasteiger partial charge on any atom is -0.481 e. The van der Waals surface area contributed by atoms with Crippen LogP contribution in [0.3, 0.4) is 0 Å². The molecule has 0 radical (unpaired) electrons. The van der Waals surface area contributed by atoms with E-state index in [2.05, 4.69) is 28.5 Å². The highest BCUT2D eigenvalue weighted by Crippen LogP contribution is 2.24. The van der Waals surface area contributed by atoms with Crippen molar-refractivity contribution in [2.24, 2.45) is 7.05 Å². The fourth-order valence-corrected chi connectivity index (χ4v) is 2.66. The van der Waals surface area contributed by atoms with E-state index >= 15 is 0 Å². The van der Waals surface area contributed by atoms with Crippen molar-refractivity contribution in [3.63, 3.8) is 0 Å². The number of carbonyl (C=O) groups is 1. The Bertz CT molecular complexity index is 603. The first-order chi connectivity index (χ1) is 9.49. The number of hydrogen-bond acceptors (Lipinski definition) is 4. The van der Waals surface area contributed by atoms with Crippen LogP contribution >= 0.6 is 11.8 Å². The molecule has 2 aromatic rings. The molecule has 0 amide bonds. The molecule has 1 N–H and O–H groups in total. The summed E-state index contributed by atoms with van der Waals surface area (Å²) in [6.07, 6.45) is 3.58. The minimum atomic E-state index is -0.837. The average molecular weight is 294 g/mol. The largest absolute Gasteiger partial charge is 0.481 e. The van der Waals surface area contributed by atoms with Gasteiger partial charge >= 0.3 is 5.97 Å². The molecule has 2 aromatic heterocycles. The molecule has 6 nitrogen and oxygen atoms in total. The molecule has 0 unspecified atom stereocenters. The zero-order chi connectivity index (χ0) is 14.7. The summed E-state index contributed by atoms with van der Waals surface area (Å²) in [6, 6.07) is 1.95. The third-order valence-corrected chi connectivity index (χ3v) is 3.98. The fourth-order valence-electron chi connectivity index (χ4n) is 1.95. The molecule has 0 aliphatic heterocycles. The molecule has 0 saturated carbocycles. The van der Waals surface area contributed by atoms with Crippen molar-refractivity contribution in [2.75, 3.05) is 5.75 Å². The van der Waals surface area contributed by atoms with Gasteiger partial charge in [-0.2, -0.15) is 5.10 Å². The molecule has 0 aromatic carbocycles. The molecule has 0 aliphatic carbocycles. The first kappa shape index (κ1) is 14.6. The van der Waals surface area contributed by atoms with Crippen molar-refractivity contribution in [3.8, 4) is 0 Å². The monoisotopic (exact) mass is 294 g/mol. The van der Waals surface area contributed by atoms with Gasteiger partial charge in [0.2, 0.25) is 0 Å². The van der Waals surface area contributed by atoms with Crippen LogP contribution in [0.1, 0.15) is 31.2 Å². The van der Waals surface area contributed by atoms with E-state index in [9.17, 15) is 4.79 Å². The maximum absolute atomic E-state index is 10.7. The van der Waals surface area contributed by atoms with E-state index in [1.807, 2.05) is 24.0 Å². The quantitative estimate of drug-likeness (QED) is 0.825. The summed E-state index contributed by atoms with van der Waals surface area (Å²) in [6.45, 7) is 4.84. The highest BCUT2D eigenvalue weighted by atomic mass is 32.2. The Kier molecular flexibility index (Phi) is 4.49. The van der Waals surface area contributed by atoms with Crippen molar-refractivity contribution in [1.82, 2.24) is 19.3 Å². The van der Waals surface area contributed by atoms with E-state index in [1.165, 1.54) is 11.8 Å². The second kappa shape index (κ2) is 6.13. The summed E-state index contributed by atoms with van der Waals surface area (Å²) in [5.41, 5.74) is 2.15. The summed E-state index contributed by atoms with van der Waals surface area (Å²) >= 11 is 1.24. The van der Waals surface area contributed by atoms with Crippen LogP contribution in [0.15, 0.2) is 23.6 Å². The molecular formula is C13H18N4O2S. The number of nitrogens with zero attached hydrogens (tertiary/aromatic N) is 4. The molecule has 108 valence electrons. The zero-order valence-corrected chi connectivity index (χ0v) is 12.6. The van der Waals surface area contributed by atoms with Gasteiger partial charge in [-0.05, 0) is 12.0 Å². The maximum atomic E-state index is 10.7. The van der Waals surface area contributed by atoms with Crippen molar-refractivity contribution < 1.29 is 9.90 Å². The van der Waals surface area contributed by atoms with Crippen molar-refractivity contribution in [1.29, 1.82) is 0 Å². The summed E-state index contributed by atoms with van der Waals surface area (Å²) < 4.78 is 3.88. The van der Waals surface area contributed by atoms with Crippen LogP contribution in [0.4, 0.5) is 0 Å². The van der Waals surface area contributed by atoms with E-state index in [0.29, 0.717) is 12.5 Å². The molecule has 0 spiro atoms. The van der Waals surface area contributed by atoms with E-state index < -0.39 is 5.97 Å². The summed E-state index contributed by atoms with van der Waals surface area (Å²) in [5, 5.41) is 13.7. The van der Waals surface area contributed by atoms with Gasteiger partial charge in [0.25, 0.3) is 0 Å². The van der Waals surface area contributed by atoms with Crippen molar-refractivity contribution in [3.05, 3.63) is 29.8 Å². The summed E-state index contributed by atoms with van der Waals surface area (Å²) in [4.78, 5) is 15.1. The van der Waals surface area contributed by atoms with Gasteiger partial charge in [-0.1, -0.05) is 25.6 Å². The van der Waals surface area contributed by atoms with E-state index in [4.69, 9.17) is 5.11 Å². The standard InChI is InChI=1S/C13H18N4O2S/c1-9(2)11-6-14-13(20-8-12(18)19)17(11)7-10-4-5-15-16(10)3/h4-6,9H,7-8H2,1-3H3,(H,18,19). The Labute approximate surface area is 121 Å². The highest BCUT2D eigenvalue weighted by molar-refractivity contribution is 7.99. The molecule has 2 rings (SSSR count). The van der Waals surface area contributed by atoms with Crippen LogP contribution < -0.4 is 0 Å². The van der Waals surface area contributed by atoms with Crippen LogP contribution in [0.5, 0.6) is 0 Å². The van der Waals surface area contributed by atoms with Crippen LogP contribution in [-0.4, -0.2) is 36.2 Å². The average Bonchev–Trinajstić information content (AvgIpc) is 2.95. The second-order valence-electron chi connectivity index (χ2n) is 4.84. The van der Waals surface area contributed by atoms with Crippen LogP contribution in [-0.2, 0) is 18.4 Å². The number of carboxylic acid groups (broad SMARTS) is 1. The first-order valence-electron chi connectivity index (χ1n) is 6.36. The minimum absolute atomic E-state index is 0.0138. The Morgan fingerprint density at radius 1 is 1.50 bits per heavy atom. The second-order valence-corrected chi connectivity index (χ2v) is 5.78. The molecule has 0 bridgehead atoms. The Balaban J connectivity index is 2.29. The highest BCUT2D eigenvalue weighted by Gasteiger charge is 2.15. The SMILES string of the molecule is CC(C)c1cnc(SCC(=O)O)n1Cc1ccnn1C. The van der Waals surface area contributed by atoms with Crippen LogP contribution in [0.2, 0.25) is 0 Å². The van der Waals surface area contributed by atoms with Gasteiger partial charge in [-0.3, -0.25) is 9.48 Å². The maximum Gasteiger partial charge on any atom is 0.313 e. The number of aliphatic carboxylic acids is 1. The molecule has 7 heteroatoms. The number of carboxylic acids is 1. The lowest BCUT2D eigenvalue weighted by molar-refractivity contribution is -0.133. The van der Waals surface area contributed by atoms with Gasteiger partial charge in [-0.25, -0.2) is 4.98 Å². The van der Waals surface area contributed by atoms with E-state index in [1.54, 1.807) is 6.20 Å². The van der Waals surface area contributed by atoms with Gasteiger partial charge in [0.05, 0.1) is 18.0 Å². The molecule has 0 aliphatic rings. The number of thioether (sulfide) groups is 1. The number of aromatic nitrogens is 4. The normalized spacial score (nSPS) is 11.2. The lowest BCUT2D eigenvalue weighted by atomic mass is 10.1. The molecular weight excluding hydrogens is 276 g/mol. The van der Waals surface area contributed by atoms with Gasteiger partial charge in [-0.15, -0.1) is 0 Å². The third kappa shape index (κ3) is 3.22. The lowest BCUT2D eigenvalue weighted by Crippen LogP contribution is -2.11. The predicted octanol–water partition coefficient (Wildman–Crippen LogP) is 1.96. The van der Waals surface area contributed by atoms with Gasteiger partial charge in [0.1, 0.15) is 0 Å². The van der Waals surface area contributed by atoms with Crippen molar-refractivity contribution in [2.45, 2.75) is 31.5 Å². The smallest absolute Gasteiger partial charge is 0.313 e. The fraction of sp³-hybridized carbons (Fsp3) is 0.462. The number of rotatable bonds is 6. The molecule has 20 heavy (non-hydrogen) atoms. The number of hydrogen-bond donors (Lipinski definition) is 1. The van der Waals surface area contributed by atoms with E-state index in [-0.39, 0.29) is 5.75 Å². The Morgan fingerprint density at radius 2 is 2.25 bits per heavy atom. The number of aryl methyl sites for hydroxylation is 1. The molecule has 2 heterocycles. The summed E-state index contributed by atoms with van der Waals surface area (Å²) in [5.74, 6) is -0.494. The molecule has 0 saturated heterocycles. The van der Waals surface area contributed by atoms with Gasteiger partial charge < -0.3 is 9.67 Å². The first-order valence-corrected chi connectivity index (χ1v) is 7.34. The zero-order valence-electron chi connectivity index (χ0n) is 11.8. The predicted molar refractivity (Wildman–Crippen MR) is 77.0 cm³/mol. The van der Waals surface area contributed by atoms with Crippen molar-refractivity contribution >= 4 is 17.7 Å². The molecule has 0 fully saturated rings. The van der Waals surface area contributed by atoms with Crippen LogP contribution in [0, 0.1) is 0 Å². The summed E-state index contributed by atoms with van der Waals surface area (Å²) in [7, 11) is 1.89.